The lowest BCUT2D eigenvalue weighted by molar-refractivity contribution is 0.204. The molecule has 2 fully saturated rings. The molecule has 2 saturated heterocycles. The van der Waals surface area contributed by atoms with Gasteiger partial charge in [0, 0.05) is 25.2 Å². The number of thiazole rings is 1. The van der Waals surface area contributed by atoms with Gasteiger partial charge < -0.3 is 4.90 Å². The van der Waals surface area contributed by atoms with Crippen LogP contribution in [-0.4, -0.2) is 41.6 Å². The number of rotatable bonds is 3. The number of fused-ring (bicyclic) bond motifs is 1. The van der Waals surface area contributed by atoms with Gasteiger partial charge in [-0.2, -0.15) is 5.26 Å². The molecule has 1 aromatic heterocycles. The molecular formula is C23H24N4S. The van der Waals surface area contributed by atoms with E-state index in [1.807, 2.05) is 24.3 Å². The molecule has 28 heavy (non-hydrogen) atoms. The summed E-state index contributed by atoms with van der Waals surface area (Å²) in [6, 6.07) is 17.9. The number of anilines is 1. The van der Waals surface area contributed by atoms with Crippen molar-refractivity contribution in [3.8, 4) is 17.2 Å². The van der Waals surface area contributed by atoms with Crippen LogP contribution in [0.3, 0.4) is 0 Å². The fraction of sp³-hybridized carbons (Fsp3) is 0.391. The Hall–Kier alpha value is -2.42. The van der Waals surface area contributed by atoms with Crippen LogP contribution < -0.4 is 4.90 Å². The smallest absolute Gasteiger partial charge is 0.186 e. The number of aromatic nitrogens is 1. The highest BCUT2D eigenvalue weighted by molar-refractivity contribution is 7.22. The van der Waals surface area contributed by atoms with Crippen molar-refractivity contribution in [3.63, 3.8) is 0 Å². The minimum Gasteiger partial charge on any atom is -0.346 e. The van der Waals surface area contributed by atoms with E-state index < -0.39 is 0 Å². The van der Waals surface area contributed by atoms with Crippen LogP contribution in [0.4, 0.5) is 5.13 Å². The molecule has 5 heteroatoms. The Morgan fingerprint density at radius 2 is 1.89 bits per heavy atom. The fourth-order valence-electron chi connectivity index (χ4n) is 4.65. The zero-order chi connectivity index (χ0) is 19.1. The van der Waals surface area contributed by atoms with Gasteiger partial charge in [0.05, 0.1) is 21.8 Å². The molecule has 3 aromatic rings. The van der Waals surface area contributed by atoms with Crippen LogP contribution >= 0.6 is 11.3 Å². The summed E-state index contributed by atoms with van der Waals surface area (Å²) in [6.45, 7) is 5.84. The van der Waals surface area contributed by atoms with Crippen molar-refractivity contribution in [1.29, 1.82) is 5.26 Å². The lowest BCUT2D eigenvalue weighted by Gasteiger charge is -2.28. The number of likely N-dealkylation sites (tertiary alicyclic amines) is 1. The van der Waals surface area contributed by atoms with E-state index in [1.54, 1.807) is 11.3 Å². The van der Waals surface area contributed by atoms with E-state index in [0.717, 1.165) is 35.3 Å². The maximum Gasteiger partial charge on any atom is 0.186 e. The molecule has 0 bridgehead atoms. The van der Waals surface area contributed by atoms with Crippen molar-refractivity contribution in [2.45, 2.75) is 38.3 Å². The Bertz CT molecular complexity index is 1030. The predicted octanol–water partition coefficient (Wildman–Crippen LogP) is 4.90. The van der Waals surface area contributed by atoms with Crippen molar-refractivity contribution < 1.29 is 0 Å². The summed E-state index contributed by atoms with van der Waals surface area (Å²) in [6.07, 6.45) is 3.93. The first-order chi connectivity index (χ1) is 13.7. The number of nitriles is 1. The highest BCUT2D eigenvalue weighted by atomic mass is 32.1. The maximum absolute atomic E-state index is 8.99. The van der Waals surface area contributed by atoms with Gasteiger partial charge in [0.2, 0.25) is 0 Å². The first-order valence-electron chi connectivity index (χ1n) is 10.1. The second-order valence-electron chi connectivity index (χ2n) is 7.99. The fourth-order valence-corrected chi connectivity index (χ4v) is 5.69. The Balaban J connectivity index is 1.37. The van der Waals surface area contributed by atoms with E-state index in [-0.39, 0.29) is 0 Å². The summed E-state index contributed by atoms with van der Waals surface area (Å²) in [7, 11) is 0. The van der Waals surface area contributed by atoms with Crippen LogP contribution in [0, 0.1) is 11.3 Å². The molecule has 2 atom stereocenters. The van der Waals surface area contributed by atoms with Crippen LogP contribution in [0.15, 0.2) is 42.5 Å². The number of hydrogen-bond donors (Lipinski definition) is 0. The molecule has 2 aliphatic heterocycles. The van der Waals surface area contributed by atoms with Gasteiger partial charge >= 0.3 is 0 Å². The Morgan fingerprint density at radius 1 is 1.07 bits per heavy atom. The molecule has 2 aliphatic rings. The van der Waals surface area contributed by atoms with Gasteiger partial charge in [-0.1, -0.05) is 29.5 Å². The second kappa shape index (κ2) is 7.20. The number of hydrogen-bond acceptors (Lipinski definition) is 5. The summed E-state index contributed by atoms with van der Waals surface area (Å²) in [5, 5.41) is 10.1. The van der Waals surface area contributed by atoms with Gasteiger partial charge in [0.15, 0.2) is 5.13 Å². The molecule has 142 valence electrons. The van der Waals surface area contributed by atoms with Gasteiger partial charge in [-0.15, -0.1) is 0 Å². The standard InChI is InChI=1S/C23H24N4S/c1-16-3-2-11-27(16)20-10-12-26(15-20)23-25-21-9-8-19(13-22(21)28-23)18-6-4-17(14-24)5-7-18/h4-9,13,16,20H,2-3,10-12,15H2,1H3/t16-,20?/m0/s1. The zero-order valence-corrected chi connectivity index (χ0v) is 17.0. The number of benzene rings is 2. The van der Waals surface area contributed by atoms with Gasteiger partial charge in [-0.05, 0) is 68.1 Å². The van der Waals surface area contributed by atoms with Gasteiger partial charge in [-0.3, -0.25) is 4.90 Å². The van der Waals surface area contributed by atoms with Crippen molar-refractivity contribution in [2.24, 2.45) is 0 Å². The lowest BCUT2D eigenvalue weighted by Crippen LogP contribution is -2.39. The Morgan fingerprint density at radius 3 is 2.64 bits per heavy atom. The second-order valence-corrected chi connectivity index (χ2v) is 8.99. The van der Waals surface area contributed by atoms with Crippen LogP contribution in [-0.2, 0) is 0 Å². The Kier molecular flexibility index (Phi) is 4.54. The van der Waals surface area contributed by atoms with Gasteiger partial charge in [0.1, 0.15) is 0 Å². The topological polar surface area (TPSA) is 43.2 Å². The van der Waals surface area contributed by atoms with Crippen molar-refractivity contribution in [1.82, 2.24) is 9.88 Å². The largest absolute Gasteiger partial charge is 0.346 e. The van der Waals surface area contributed by atoms with Crippen LogP contribution in [0.25, 0.3) is 21.3 Å². The highest BCUT2D eigenvalue weighted by Gasteiger charge is 2.33. The quantitative estimate of drug-likeness (QED) is 0.640. The summed E-state index contributed by atoms with van der Waals surface area (Å²) in [5.41, 5.74) is 4.09. The summed E-state index contributed by atoms with van der Waals surface area (Å²) < 4.78 is 1.23. The average Bonchev–Trinajstić information content (AvgIpc) is 3.46. The molecule has 1 unspecified atom stereocenters. The third kappa shape index (κ3) is 3.17. The monoisotopic (exact) mass is 388 g/mol. The average molecular weight is 389 g/mol. The van der Waals surface area contributed by atoms with Crippen molar-refractivity contribution in [3.05, 3.63) is 48.0 Å². The van der Waals surface area contributed by atoms with Gasteiger partial charge in [0.25, 0.3) is 0 Å². The highest BCUT2D eigenvalue weighted by Crippen LogP contribution is 2.35. The van der Waals surface area contributed by atoms with Gasteiger partial charge in [-0.25, -0.2) is 4.98 Å². The molecule has 0 amide bonds. The molecule has 0 saturated carbocycles. The summed E-state index contributed by atoms with van der Waals surface area (Å²) in [5.74, 6) is 0. The molecule has 4 nitrogen and oxygen atoms in total. The minimum absolute atomic E-state index is 0.679. The maximum atomic E-state index is 8.99. The third-order valence-electron chi connectivity index (χ3n) is 6.23. The molecule has 5 rings (SSSR count). The molecule has 0 aliphatic carbocycles. The number of nitrogens with zero attached hydrogens (tertiary/aromatic N) is 4. The molecule has 3 heterocycles. The van der Waals surface area contributed by atoms with E-state index in [2.05, 4.69) is 41.0 Å². The first kappa shape index (κ1) is 17.7. The van der Waals surface area contributed by atoms with Crippen LogP contribution in [0.1, 0.15) is 31.7 Å². The summed E-state index contributed by atoms with van der Waals surface area (Å²) >= 11 is 1.80. The molecular weight excluding hydrogens is 364 g/mol. The van der Waals surface area contributed by atoms with E-state index in [1.165, 1.54) is 36.1 Å². The molecule has 0 N–H and O–H groups in total. The summed E-state index contributed by atoms with van der Waals surface area (Å²) in [4.78, 5) is 10.1. The zero-order valence-electron chi connectivity index (χ0n) is 16.1. The van der Waals surface area contributed by atoms with Crippen molar-refractivity contribution >= 4 is 26.7 Å². The molecule has 2 aromatic carbocycles. The Labute approximate surface area is 170 Å². The van der Waals surface area contributed by atoms with E-state index >= 15 is 0 Å². The van der Waals surface area contributed by atoms with E-state index in [4.69, 9.17) is 10.2 Å². The SMILES string of the molecule is C[C@H]1CCCN1C1CCN(c2nc3ccc(-c4ccc(C#N)cc4)cc3s2)C1. The van der Waals surface area contributed by atoms with E-state index in [9.17, 15) is 0 Å². The lowest BCUT2D eigenvalue weighted by atomic mass is 10.0. The predicted molar refractivity (Wildman–Crippen MR) is 116 cm³/mol. The van der Waals surface area contributed by atoms with Crippen molar-refractivity contribution in [2.75, 3.05) is 24.5 Å². The first-order valence-corrected chi connectivity index (χ1v) is 10.9. The van der Waals surface area contributed by atoms with Crippen LogP contribution in [0.5, 0.6) is 0 Å². The third-order valence-corrected chi connectivity index (χ3v) is 7.31. The van der Waals surface area contributed by atoms with Crippen LogP contribution in [0.2, 0.25) is 0 Å². The van der Waals surface area contributed by atoms with E-state index in [0.29, 0.717) is 11.6 Å². The minimum atomic E-state index is 0.679. The molecule has 0 spiro atoms. The normalized spacial score (nSPS) is 22.8. The molecule has 0 radical (unpaired) electrons.